The Labute approximate surface area is 119 Å². The fourth-order valence-electron chi connectivity index (χ4n) is 1.63. The maximum absolute atomic E-state index is 13.4. The number of rotatable bonds is 5. The molecule has 4 nitrogen and oxygen atoms in total. The van der Waals surface area contributed by atoms with Crippen LogP contribution in [-0.4, -0.2) is 4.92 Å². The minimum Gasteiger partial charge on any atom is -0.489 e. The highest BCUT2D eigenvalue weighted by Crippen LogP contribution is 2.20. The van der Waals surface area contributed by atoms with Crippen LogP contribution >= 0.6 is 11.6 Å². The van der Waals surface area contributed by atoms with E-state index in [9.17, 15) is 14.5 Å². The molecule has 0 amide bonds. The van der Waals surface area contributed by atoms with Crippen molar-refractivity contribution in [1.82, 2.24) is 0 Å². The van der Waals surface area contributed by atoms with Crippen LogP contribution in [0.4, 0.5) is 10.1 Å². The van der Waals surface area contributed by atoms with Crippen molar-refractivity contribution in [3.8, 4) is 5.75 Å². The molecule has 104 valence electrons. The monoisotopic (exact) mass is 295 g/mol. The highest BCUT2D eigenvalue weighted by Gasteiger charge is 2.13. The number of halogens is 2. The van der Waals surface area contributed by atoms with Crippen molar-refractivity contribution in [3.63, 3.8) is 0 Å². The molecule has 0 N–H and O–H groups in total. The first-order valence-electron chi connectivity index (χ1n) is 5.80. The van der Waals surface area contributed by atoms with E-state index in [1.165, 1.54) is 6.07 Å². The Balaban J connectivity index is 2.03. The minimum atomic E-state index is -0.867. The molecule has 0 saturated carbocycles. The fourth-order valence-corrected chi connectivity index (χ4v) is 1.81. The summed E-state index contributed by atoms with van der Waals surface area (Å²) in [6.07, 6.45) is 0. The third kappa shape index (κ3) is 3.45. The zero-order valence-corrected chi connectivity index (χ0v) is 11.1. The Kier molecular flexibility index (Phi) is 4.53. The molecule has 0 unspecified atom stereocenters. The van der Waals surface area contributed by atoms with Crippen LogP contribution in [0.1, 0.15) is 11.1 Å². The summed E-state index contributed by atoms with van der Waals surface area (Å²) in [4.78, 5) is 9.74. The molecule has 0 bridgehead atoms. The average Bonchev–Trinajstić information content (AvgIpc) is 2.45. The molecule has 0 aliphatic carbocycles. The summed E-state index contributed by atoms with van der Waals surface area (Å²) in [7, 11) is 0. The molecule has 0 atom stereocenters. The summed E-state index contributed by atoms with van der Waals surface area (Å²) in [6.45, 7) is 0.134. The predicted molar refractivity (Wildman–Crippen MR) is 73.4 cm³/mol. The van der Waals surface area contributed by atoms with Gasteiger partial charge >= 0.3 is 5.69 Å². The second kappa shape index (κ2) is 6.34. The summed E-state index contributed by atoms with van der Waals surface area (Å²) in [5, 5.41) is 10.5. The molecular formula is C14H11ClFNO3. The second-order valence-corrected chi connectivity index (χ2v) is 4.38. The van der Waals surface area contributed by atoms with Gasteiger partial charge in [-0.1, -0.05) is 12.1 Å². The van der Waals surface area contributed by atoms with Crippen molar-refractivity contribution < 1.29 is 14.1 Å². The van der Waals surface area contributed by atoms with Crippen molar-refractivity contribution in [2.75, 3.05) is 0 Å². The number of alkyl halides is 1. The lowest BCUT2D eigenvalue weighted by atomic mass is 10.2. The highest BCUT2D eigenvalue weighted by molar-refractivity contribution is 6.17. The third-order valence-corrected chi connectivity index (χ3v) is 3.00. The number of nitro groups is 1. The van der Waals surface area contributed by atoms with Gasteiger partial charge < -0.3 is 4.74 Å². The van der Waals surface area contributed by atoms with Gasteiger partial charge in [-0.15, -0.1) is 11.6 Å². The topological polar surface area (TPSA) is 52.4 Å². The summed E-state index contributed by atoms with van der Waals surface area (Å²) in [6, 6.07) is 10.9. The lowest BCUT2D eigenvalue weighted by Gasteiger charge is -2.07. The summed E-state index contributed by atoms with van der Waals surface area (Å²) >= 11 is 5.67. The van der Waals surface area contributed by atoms with E-state index in [0.717, 1.165) is 17.7 Å². The molecule has 0 spiro atoms. The van der Waals surface area contributed by atoms with Gasteiger partial charge in [-0.05, 0) is 35.4 Å². The molecular weight excluding hydrogens is 285 g/mol. The summed E-state index contributed by atoms with van der Waals surface area (Å²) in [5.74, 6) is 0.180. The maximum Gasteiger partial charge on any atom is 0.304 e. The molecule has 0 radical (unpaired) electrons. The molecule has 2 aromatic carbocycles. The van der Waals surface area contributed by atoms with E-state index in [4.69, 9.17) is 16.3 Å². The van der Waals surface area contributed by atoms with Crippen LogP contribution in [0.2, 0.25) is 0 Å². The number of hydrogen-bond donors (Lipinski definition) is 0. The first-order valence-corrected chi connectivity index (χ1v) is 6.34. The van der Waals surface area contributed by atoms with E-state index >= 15 is 0 Å². The van der Waals surface area contributed by atoms with Crippen LogP contribution in [0, 0.1) is 15.9 Å². The van der Waals surface area contributed by atoms with Gasteiger partial charge in [0.05, 0.1) is 4.92 Å². The largest absolute Gasteiger partial charge is 0.489 e. The number of ether oxygens (including phenoxy) is 1. The Morgan fingerprint density at radius 2 is 1.80 bits per heavy atom. The molecule has 0 saturated heterocycles. The van der Waals surface area contributed by atoms with Crippen LogP contribution < -0.4 is 4.74 Å². The van der Waals surface area contributed by atoms with Gasteiger partial charge in [0.25, 0.3) is 0 Å². The van der Waals surface area contributed by atoms with Crippen LogP contribution in [-0.2, 0) is 12.5 Å². The Morgan fingerprint density at radius 3 is 2.35 bits per heavy atom. The van der Waals surface area contributed by atoms with Gasteiger partial charge in [0.15, 0.2) is 0 Å². The van der Waals surface area contributed by atoms with Gasteiger partial charge in [0.1, 0.15) is 12.4 Å². The maximum atomic E-state index is 13.4. The number of benzene rings is 2. The quantitative estimate of drug-likeness (QED) is 0.475. The molecule has 0 aliphatic heterocycles. The first kappa shape index (κ1) is 14.3. The standard InChI is InChI=1S/C14H11ClFNO3/c15-8-10-1-4-12(5-2-10)20-9-11-3-6-14(17(18)19)13(16)7-11/h1-7H,8-9H2. The van der Waals surface area contributed by atoms with Crippen LogP contribution in [0.3, 0.4) is 0 Å². The second-order valence-electron chi connectivity index (χ2n) is 4.11. The zero-order chi connectivity index (χ0) is 14.5. The lowest BCUT2D eigenvalue weighted by Crippen LogP contribution is -1.98. The smallest absolute Gasteiger partial charge is 0.304 e. The Bertz CT molecular complexity index is 616. The summed E-state index contributed by atoms with van der Waals surface area (Å²) < 4.78 is 18.9. The Morgan fingerprint density at radius 1 is 1.15 bits per heavy atom. The van der Waals surface area contributed by atoms with Crippen molar-refractivity contribution in [2.45, 2.75) is 12.5 Å². The zero-order valence-electron chi connectivity index (χ0n) is 10.4. The molecule has 2 rings (SSSR count). The highest BCUT2D eigenvalue weighted by atomic mass is 35.5. The fraction of sp³-hybridized carbons (Fsp3) is 0.143. The molecule has 0 aromatic heterocycles. The summed E-state index contributed by atoms with van der Waals surface area (Å²) in [5.41, 5.74) is 0.954. The van der Waals surface area contributed by atoms with E-state index in [1.54, 1.807) is 12.1 Å². The van der Waals surface area contributed by atoms with Gasteiger partial charge in [-0.25, -0.2) is 0 Å². The normalized spacial score (nSPS) is 10.3. The first-order chi connectivity index (χ1) is 9.60. The van der Waals surface area contributed by atoms with Crippen LogP contribution in [0.5, 0.6) is 5.75 Å². The average molecular weight is 296 g/mol. The molecule has 0 fully saturated rings. The van der Waals surface area contributed by atoms with Crippen LogP contribution in [0.25, 0.3) is 0 Å². The molecule has 6 heteroatoms. The predicted octanol–water partition coefficient (Wildman–Crippen LogP) is 4.05. The molecule has 20 heavy (non-hydrogen) atoms. The lowest BCUT2D eigenvalue weighted by molar-refractivity contribution is -0.387. The van der Waals surface area contributed by atoms with E-state index in [-0.39, 0.29) is 6.61 Å². The molecule has 2 aromatic rings. The van der Waals surface area contributed by atoms with E-state index in [2.05, 4.69) is 0 Å². The SMILES string of the molecule is O=[N+]([O-])c1ccc(COc2ccc(CCl)cc2)cc1F. The number of nitrogens with zero attached hydrogens (tertiary/aromatic N) is 1. The minimum absolute atomic E-state index is 0.134. The number of nitro benzene ring substituents is 1. The third-order valence-electron chi connectivity index (χ3n) is 2.69. The van der Waals surface area contributed by atoms with Gasteiger partial charge in [0.2, 0.25) is 5.82 Å². The van der Waals surface area contributed by atoms with Gasteiger partial charge in [-0.3, -0.25) is 10.1 Å². The van der Waals surface area contributed by atoms with Crippen LogP contribution in [0.15, 0.2) is 42.5 Å². The van der Waals surface area contributed by atoms with Crippen molar-refractivity contribution in [3.05, 3.63) is 69.5 Å². The van der Waals surface area contributed by atoms with E-state index < -0.39 is 16.4 Å². The van der Waals surface area contributed by atoms with E-state index in [0.29, 0.717) is 17.2 Å². The molecule has 0 aliphatic rings. The molecule has 0 heterocycles. The van der Waals surface area contributed by atoms with Crippen molar-refractivity contribution >= 4 is 17.3 Å². The van der Waals surface area contributed by atoms with Gasteiger partial charge in [-0.2, -0.15) is 4.39 Å². The van der Waals surface area contributed by atoms with Gasteiger partial charge in [0, 0.05) is 11.9 Å². The Hall–Kier alpha value is -2.14. The van der Waals surface area contributed by atoms with E-state index in [1.807, 2.05) is 12.1 Å². The number of hydrogen-bond acceptors (Lipinski definition) is 3. The van der Waals surface area contributed by atoms with Crippen molar-refractivity contribution in [1.29, 1.82) is 0 Å². The van der Waals surface area contributed by atoms with Crippen molar-refractivity contribution in [2.24, 2.45) is 0 Å².